The first-order valence-corrected chi connectivity index (χ1v) is 12.1. The molecule has 8 atom stereocenters. The molecule has 1 aromatic rings. The summed E-state index contributed by atoms with van der Waals surface area (Å²) in [4.78, 5) is 11.7. The molecule has 0 aliphatic heterocycles. The van der Waals surface area contributed by atoms with Crippen LogP contribution < -0.4 is 0 Å². The van der Waals surface area contributed by atoms with E-state index in [1.54, 1.807) is 12.5 Å². The Morgan fingerprint density at radius 3 is 2.38 bits per heavy atom. The number of carbonyl (C=O) groups excluding carboxylic acids is 1. The molecule has 2 nitrogen and oxygen atoms in total. The van der Waals surface area contributed by atoms with Crippen LogP contribution in [-0.2, 0) is 9.53 Å². The summed E-state index contributed by atoms with van der Waals surface area (Å²) < 4.78 is 5.82. The molecular formula is C27H38O2. The molecule has 4 aliphatic carbocycles. The maximum atomic E-state index is 11.7. The van der Waals surface area contributed by atoms with Crippen LogP contribution in [-0.4, -0.2) is 12.1 Å². The monoisotopic (exact) mass is 394 g/mol. The van der Waals surface area contributed by atoms with Gasteiger partial charge < -0.3 is 4.74 Å². The fourth-order valence-electron chi connectivity index (χ4n) is 8.63. The summed E-state index contributed by atoms with van der Waals surface area (Å²) in [5.41, 5.74) is 2.31. The summed E-state index contributed by atoms with van der Waals surface area (Å²) in [7, 11) is 0. The van der Waals surface area contributed by atoms with Gasteiger partial charge in [0.05, 0.1) is 0 Å². The van der Waals surface area contributed by atoms with Crippen LogP contribution in [0.2, 0.25) is 0 Å². The van der Waals surface area contributed by atoms with Crippen molar-refractivity contribution in [3.63, 3.8) is 0 Å². The molecule has 4 fully saturated rings. The van der Waals surface area contributed by atoms with Crippen molar-refractivity contribution in [1.82, 2.24) is 0 Å². The Balaban J connectivity index is 1.35. The Kier molecular flexibility index (Phi) is 4.83. The van der Waals surface area contributed by atoms with Gasteiger partial charge in [-0.1, -0.05) is 44.2 Å². The zero-order valence-corrected chi connectivity index (χ0v) is 18.5. The Morgan fingerprint density at radius 1 is 0.897 bits per heavy atom. The number of carbonyl (C=O) groups is 1. The molecule has 0 N–H and O–H groups in total. The van der Waals surface area contributed by atoms with E-state index in [0.717, 1.165) is 36.0 Å². The van der Waals surface area contributed by atoms with Gasteiger partial charge in [0.1, 0.15) is 6.10 Å². The molecular weight excluding hydrogens is 356 g/mol. The number of ether oxygens (including phenoxy) is 1. The highest BCUT2D eigenvalue weighted by molar-refractivity contribution is 5.66. The first-order valence-electron chi connectivity index (χ1n) is 12.1. The Bertz CT molecular complexity index is 757. The molecule has 2 heteroatoms. The van der Waals surface area contributed by atoms with Crippen LogP contribution in [0.25, 0.3) is 0 Å². The molecule has 0 aromatic heterocycles. The van der Waals surface area contributed by atoms with Crippen LogP contribution in [0.3, 0.4) is 0 Å². The van der Waals surface area contributed by atoms with Crippen LogP contribution in [0.4, 0.5) is 0 Å². The lowest BCUT2D eigenvalue weighted by Crippen LogP contribution is -2.54. The molecule has 4 aliphatic rings. The van der Waals surface area contributed by atoms with Crippen molar-refractivity contribution in [3.8, 4) is 0 Å². The highest BCUT2D eigenvalue weighted by Crippen LogP contribution is 2.67. The molecule has 0 spiro atoms. The van der Waals surface area contributed by atoms with E-state index in [1.165, 1.54) is 51.4 Å². The molecule has 0 unspecified atom stereocenters. The van der Waals surface area contributed by atoms with E-state index in [-0.39, 0.29) is 17.5 Å². The lowest BCUT2D eigenvalue weighted by Gasteiger charge is -2.61. The second-order valence-electron chi connectivity index (χ2n) is 11.3. The fourth-order valence-corrected chi connectivity index (χ4v) is 8.63. The summed E-state index contributed by atoms with van der Waals surface area (Å²) in [6, 6.07) is 11.3. The Hall–Kier alpha value is -1.31. The minimum absolute atomic E-state index is 0.0890. The predicted molar refractivity (Wildman–Crippen MR) is 116 cm³/mol. The van der Waals surface area contributed by atoms with Crippen LogP contribution in [0, 0.1) is 34.5 Å². The minimum atomic E-state index is -0.0890. The molecule has 0 radical (unpaired) electrons. The van der Waals surface area contributed by atoms with Crippen molar-refractivity contribution in [2.75, 3.05) is 0 Å². The molecule has 0 heterocycles. The third kappa shape index (κ3) is 3.08. The number of benzene rings is 1. The summed E-state index contributed by atoms with van der Waals surface area (Å²) in [5.74, 6) is 4.05. The van der Waals surface area contributed by atoms with Gasteiger partial charge in [0, 0.05) is 12.3 Å². The van der Waals surface area contributed by atoms with E-state index in [4.69, 9.17) is 4.74 Å². The zero-order valence-electron chi connectivity index (χ0n) is 18.5. The molecule has 1 aromatic carbocycles. The maximum Gasteiger partial charge on any atom is 0.302 e. The lowest BCUT2D eigenvalue weighted by atomic mass is 9.44. The van der Waals surface area contributed by atoms with Crippen LogP contribution >= 0.6 is 0 Å². The van der Waals surface area contributed by atoms with E-state index in [9.17, 15) is 4.79 Å². The van der Waals surface area contributed by atoms with E-state index in [2.05, 4.69) is 44.2 Å². The maximum absolute atomic E-state index is 11.7. The van der Waals surface area contributed by atoms with Gasteiger partial charge in [-0.2, -0.15) is 0 Å². The Labute approximate surface area is 176 Å². The highest BCUT2D eigenvalue weighted by atomic mass is 16.5. The number of fused-ring (bicyclic) bond motifs is 5. The number of rotatable bonds is 2. The third-order valence-corrected chi connectivity index (χ3v) is 10.2. The fraction of sp³-hybridized carbons (Fsp3) is 0.741. The van der Waals surface area contributed by atoms with Crippen molar-refractivity contribution in [2.45, 2.75) is 90.6 Å². The third-order valence-electron chi connectivity index (χ3n) is 10.2. The second-order valence-corrected chi connectivity index (χ2v) is 11.3. The van der Waals surface area contributed by atoms with Crippen molar-refractivity contribution in [3.05, 3.63) is 35.9 Å². The summed E-state index contributed by atoms with van der Waals surface area (Å²) in [6.45, 7) is 6.67. The minimum Gasteiger partial charge on any atom is -0.462 e. The molecule has 29 heavy (non-hydrogen) atoms. The van der Waals surface area contributed by atoms with E-state index in [0.29, 0.717) is 5.41 Å². The van der Waals surface area contributed by atoms with Gasteiger partial charge in [-0.3, -0.25) is 4.79 Å². The first-order chi connectivity index (χ1) is 13.9. The SMILES string of the molecule is CC(=O)O[C@H]1CC[C@H]2[C@H]3CC[C@H]4C[C@@H](c5ccccc5)CC[C@]4(C)[C@H]3CC[C@]12C. The van der Waals surface area contributed by atoms with E-state index < -0.39 is 0 Å². The van der Waals surface area contributed by atoms with Gasteiger partial charge in [-0.05, 0) is 98.4 Å². The molecule has 158 valence electrons. The zero-order chi connectivity index (χ0) is 20.2. The standard InChI is InChI=1S/C27H38O2/c1-18(28)29-25-12-11-23-22-10-9-21-17-20(19-7-5-4-6-8-19)13-15-26(21,2)24(22)14-16-27(23,25)3/h4-8,20-25H,9-17H2,1-3H3/t20-,21-,22+,23-,24-,25-,26-,27-/m0/s1. The summed E-state index contributed by atoms with van der Waals surface area (Å²) in [6.07, 6.45) is 12.1. The van der Waals surface area contributed by atoms with Crippen molar-refractivity contribution in [2.24, 2.45) is 34.5 Å². The Morgan fingerprint density at radius 2 is 1.62 bits per heavy atom. The molecule has 0 amide bonds. The van der Waals surface area contributed by atoms with Gasteiger partial charge in [0.25, 0.3) is 0 Å². The normalized spacial score (nSPS) is 46.3. The lowest BCUT2D eigenvalue weighted by molar-refractivity contribution is -0.161. The molecule has 0 bridgehead atoms. The number of hydrogen-bond donors (Lipinski definition) is 0. The molecule has 4 saturated carbocycles. The van der Waals surface area contributed by atoms with Crippen LogP contribution in [0.15, 0.2) is 30.3 Å². The van der Waals surface area contributed by atoms with Gasteiger partial charge in [-0.15, -0.1) is 0 Å². The van der Waals surface area contributed by atoms with E-state index >= 15 is 0 Å². The quantitative estimate of drug-likeness (QED) is 0.519. The first kappa shape index (κ1) is 19.6. The number of hydrogen-bond acceptors (Lipinski definition) is 2. The van der Waals surface area contributed by atoms with Gasteiger partial charge in [-0.25, -0.2) is 0 Å². The van der Waals surface area contributed by atoms with Crippen LogP contribution in [0.5, 0.6) is 0 Å². The highest BCUT2D eigenvalue weighted by Gasteiger charge is 2.61. The topological polar surface area (TPSA) is 26.3 Å². The average molecular weight is 395 g/mol. The second kappa shape index (κ2) is 7.13. The average Bonchev–Trinajstić information content (AvgIpc) is 3.04. The van der Waals surface area contributed by atoms with Crippen LogP contribution in [0.1, 0.15) is 90.0 Å². The van der Waals surface area contributed by atoms with Crippen molar-refractivity contribution < 1.29 is 9.53 Å². The number of esters is 1. The van der Waals surface area contributed by atoms with Crippen molar-refractivity contribution >= 4 is 5.97 Å². The smallest absolute Gasteiger partial charge is 0.302 e. The van der Waals surface area contributed by atoms with Crippen molar-refractivity contribution in [1.29, 1.82) is 0 Å². The van der Waals surface area contributed by atoms with E-state index in [1.807, 2.05) is 0 Å². The summed E-state index contributed by atoms with van der Waals surface area (Å²) in [5, 5.41) is 0. The van der Waals surface area contributed by atoms with Gasteiger partial charge in [0.2, 0.25) is 0 Å². The summed E-state index contributed by atoms with van der Waals surface area (Å²) >= 11 is 0. The predicted octanol–water partition coefficient (Wildman–Crippen LogP) is 6.74. The van der Waals surface area contributed by atoms with Gasteiger partial charge in [0.15, 0.2) is 0 Å². The largest absolute Gasteiger partial charge is 0.462 e. The molecule has 5 rings (SSSR count). The van der Waals surface area contributed by atoms with Gasteiger partial charge >= 0.3 is 5.97 Å². The molecule has 0 saturated heterocycles.